The molecule has 0 N–H and O–H groups in total. The maximum atomic E-state index is 13.8. The van der Waals surface area contributed by atoms with E-state index in [-0.39, 0.29) is 18.1 Å². The first-order valence-corrected chi connectivity index (χ1v) is 11.4. The highest BCUT2D eigenvalue weighted by Crippen LogP contribution is 2.34. The van der Waals surface area contributed by atoms with E-state index in [1.54, 1.807) is 15.2 Å². The van der Waals surface area contributed by atoms with Gasteiger partial charge in [0.2, 0.25) is 10.0 Å². The summed E-state index contributed by atoms with van der Waals surface area (Å²) >= 11 is 0. The zero-order valence-electron chi connectivity index (χ0n) is 16.8. The number of rotatable bonds is 6. The molecular weight excluding hydrogens is 358 g/mol. The molecule has 1 saturated carbocycles. The van der Waals surface area contributed by atoms with Crippen LogP contribution < -0.4 is 0 Å². The Balaban J connectivity index is 2.12. The molecule has 1 aromatic carbocycles. The lowest BCUT2D eigenvalue weighted by Gasteiger charge is -2.36. The van der Waals surface area contributed by atoms with Crippen LogP contribution in [0, 0.1) is 0 Å². The van der Waals surface area contributed by atoms with Crippen LogP contribution in [0.5, 0.6) is 0 Å². The second-order valence-electron chi connectivity index (χ2n) is 8.00. The minimum Gasteiger partial charge on any atom is -0.268 e. The molecular formula is C21H31N3O2S. The van der Waals surface area contributed by atoms with Crippen molar-refractivity contribution in [1.82, 2.24) is 14.1 Å². The van der Waals surface area contributed by atoms with Crippen LogP contribution in [0.4, 0.5) is 0 Å². The number of benzene rings is 1. The van der Waals surface area contributed by atoms with E-state index in [0.717, 1.165) is 31.2 Å². The van der Waals surface area contributed by atoms with Crippen LogP contribution in [0.25, 0.3) is 11.3 Å². The highest BCUT2D eigenvalue weighted by Gasteiger charge is 2.37. The lowest BCUT2D eigenvalue weighted by Crippen LogP contribution is -2.45. The fraction of sp³-hybridized carbons (Fsp3) is 0.571. The van der Waals surface area contributed by atoms with Gasteiger partial charge in [-0.1, -0.05) is 49.6 Å². The summed E-state index contributed by atoms with van der Waals surface area (Å²) in [5, 5.41) is 4.64. The lowest BCUT2D eigenvalue weighted by atomic mass is 9.95. The van der Waals surface area contributed by atoms with Gasteiger partial charge in [-0.15, -0.1) is 0 Å². The number of hydrogen-bond acceptors (Lipinski definition) is 3. The molecule has 1 fully saturated rings. The highest BCUT2D eigenvalue weighted by molar-refractivity contribution is 7.89. The van der Waals surface area contributed by atoms with Gasteiger partial charge in [-0.2, -0.15) is 9.40 Å². The van der Waals surface area contributed by atoms with E-state index in [1.165, 1.54) is 6.42 Å². The van der Waals surface area contributed by atoms with E-state index in [0.29, 0.717) is 10.6 Å². The van der Waals surface area contributed by atoms with E-state index in [2.05, 4.69) is 5.10 Å². The smallest absolute Gasteiger partial charge is 0.247 e. The molecule has 0 spiro atoms. The van der Waals surface area contributed by atoms with Crippen LogP contribution in [-0.4, -0.2) is 34.6 Å². The fourth-order valence-electron chi connectivity index (χ4n) is 3.97. The van der Waals surface area contributed by atoms with E-state index in [1.807, 2.05) is 58.0 Å². The molecule has 0 saturated heterocycles. The zero-order chi connectivity index (χ0) is 19.6. The summed E-state index contributed by atoms with van der Waals surface area (Å²) in [7, 11) is -3.64. The van der Waals surface area contributed by atoms with Crippen molar-refractivity contribution in [3.05, 3.63) is 36.5 Å². The van der Waals surface area contributed by atoms with E-state index < -0.39 is 10.0 Å². The minimum absolute atomic E-state index is 0.0785. The predicted octanol–water partition coefficient (Wildman–Crippen LogP) is 4.86. The van der Waals surface area contributed by atoms with Gasteiger partial charge in [0.15, 0.2) is 0 Å². The molecule has 1 aliphatic carbocycles. The van der Waals surface area contributed by atoms with Crippen LogP contribution in [-0.2, 0) is 10.0 Å². The topological polar surface area (TPSA) is 55.2 Å². The molecule has 0 bridgehead atoms. The van der Waals surface area contributed by atoms with Gasteiger partial charge in [-0.25, -0.2) is 8.42 Å². The zero-order valence-corrected chi connectivity index (χ0v) is 17.6. The molecule has 5 nitrogen and oxygen atoms in total. The molecule has 27 heavy (non-hydrogen) atoms. The summed E-state index contributed by atoms with van der Waals surface area (Å²) in [6.45, 7) is 7.97. The van der Waals surface area contributed by atoms with Gasteiger partial charge in [0.1, 0.15) is 10.6 Å². The van der Waals surface area contributed by atoms with E-state index in [4.69, 9.17) is 0 Å². The average Bonchev–Trinajstić information content (AvgIpc) is 3.09. The Kier molecular flexibility index (Phi) is 6.06. The van der Waals surface area contributed by atoms with Gasteiger partial charge >= 0.3 is 0 Å². The second kappa shape index (κ2) is 8.15. The summed E-state index contributed by atoms with van der Waals surface area (Å²) in [5.41, 5.74) is 1.38. The molecule has 0 unspecified atom stereocenters. The lowest BCUT2D eigenvalue weighted by molar-refractivity contribution is 0.220. The van der Waals surface area contributed by atoms with Crippen LogP contribution in [0.15, 0.2) is 41.4 Å². The number of hydrogen-bond donors (Lipinski definition) is 0. The monoisotopic (exact) mass is 389 g/mol. The normalized spacial score (nSPS) is 16.6. The molecule has 1 aromatic heterocycles. The summed E-state index contributed by atoms with van der Waals surface area (Å²) < 4.78 is 31.0. The first-order valence-electron chi connectivity index (χ1n) is 10.0. The first kappa shape index (κ1) is 20.1. The summed E-state index contributed by atoms with van der Waals surface area (Å²) in [6, 6.07) is 9.71. The third-order valence-electron chi connectivity index (χ3n) is 5.27. The van der Waals surface area contributed by atoms with Crippen molar-refractivity contribution in [3.63, 3.8) is 0 Å². The Labute approximate surface area is 163 Å². The third-order valence-corrected chi connectivity index (χ3v) is 7.40. The highest BCUT2D eigenvalue weighted by atomic mass is 32.2. The molecule has 0 amide bonds. The number of nitrogens with zero attached hydrogens (tertiary/aromatic N) is 3. The Morgan fingerprint density at radius 3 is 2.22 bits per heavy atom. The van der Waals surface area contributed by atoms with Crippen molar-refractivity contribution < 1.29 is 8.42 Å². The van der Waals surface area contributed by atoms with Crippen molar-refractivity contribution in [2.24, 2.45) is 0 Å². The molecule has 1 aliphatic rings. The summed E-state index contributed by atoms with van der Waals surface area (Å²) in [5.74, 6) is 0. The van der Waals surface area contributed by atoms with Crippen LogP contribution in [0.3, 0.4) is 0 Å². The average molecular weight is 390 g/mol. The molecule has 0 atom stereocenters. The van der Waals surface area contributed by atoms with Crippen molar-refractivity contribution in [2.45, 2.75) is 82.8 Å². The van der Waals surface area contributed by atoms with Crippen molar-refractivity contribution in [3.8, 4) is 11.3 Å². The van der Waals surface area contributed by atoms with Crippen molar-refractivity contribution >= 4 is 10.0 Å². The number of aromatic nitrogens is 2. The SMILES string of the molecule is CC(C)N(C1CCCCC1)S(=O)(=O)c1cn(C(C)C)nc1-c1ccccc1. The summed E-state index contributed by atoms with van der Waals surface area (Å²) in [6.07, 6.45) is 6.98. The van der Waals surface area contributed by atoms with Gasteiger partial charge in [-0.05, 0) is 40.5 Å². The molecule has 6 heteroatoms. The first-order chi connectivity index (χ1) is 12.8. The van der Waals surface area contributed by atoms with Crippen LogP contribution in [0.2, 0.25) is 0 Å². The van der Waals surface area contributed by atoms with E-state index >= 15 is 0 Å². The van der Waals surface area contributed by atoms with Gasteiger partial charge in [0.25, 0.3) is 0 Å². The minimum atomic E-state index is -3.64. The van der Waals surface area contributed by atoms with Crippen LogP contribution in [0.1, 0.15) is 65.8 Å². The Bertz CT molecular complexity index is 851. The van der Waals surface area contributed by atoms with Crippen molar-refractivity contribution in [2.75, 3.05) is 0 Å². The maximum Gasteiger partial charge on any atom is 0.247 e. The maximum absolute atomic E-state index is 13.8. The number of sulfonamides is 1. The Hall–Kier alpha value is -1.66. The second-order valence-corrected chi connectivity index (χ2v) is 9.81. The van der Waals surface area contributed by atoms with E-state index in [9.17, 15) is 8.42 Å². The predicted molar refractivity (Wildman–Crippen MR) is 109 cm³/mol. The Morgan fingerprint density at radius 1 is 1.04 bits per heavy atom. The fourth-order valence-corrected chi connectivity index (χ4v) is 6.00. The van der Waals surface area contributed by atoms with Crippen molar-refractivity contribution in [1.29, 1.82) is 0 Å². The molecule has 3 rings (SSSR count). The van der Waals surface area contributed by atoms with Crippen LogP contribution >= 0.6 is 0 Å². The molecule has 2 aromatic rings. The largest absolute Gasteiger partial charge is 0.268 e. The molecule has 0 aliphatic heterocycles. The third kappa shape index (κ3) is 4.11. The van der Waals surface area contributed by atoms with Gasteiger partial charge in [0, 0.05) is 29.9 Å². The summed E-state index contributed by atoms with van der Waals surface area (Å²) in [4.78, 5) is 0.321. The molecule has 0 radical (unpaired) electrons. The molecule has 1 heterocycles. The van der Waals surface area contributed by atoms with Gasteiger partial charge < -0.3 is 0 Å². The quantitative estimate of drug-likeness (QED) is 0.709. The van der Waals surface area contributed by atoms with Gasteiger partial charge in [-0.3, -0.25) is 4.68 Å². The molecule has 148 valence electrons. The standard InChI is InChI=1S/C21H31N3O2S/c1-16(2)23-15-20(21(22-23)18-11-7-5-8-12-18)27(25,26)24(17(3)4)19-13-9-6-10-14-19/h5,7-8,11-12,15-17,19H,6,9-10,13-14H2,1-4H3. The van der Waals surface area contributed by atoms with Gasteiger partial charge in [0.05, 0.1) is 0 Å². The Morgan fingerprint density at radius 2 is 1.67 bits per heavy atom.